The second kappa shape index (κ2) is 12.7. The molecule has 1 heterocycles. The van der Waals surface area contributed by atoms with Crippen LogP contribution in [0.15, 0.2) is 0 Å². The standard InChI is InChI=1S/C26H41N5O6S/c1-14(32)28-19(5-7-38-2)24(34)29-20(26(36)31-6-3-4-21(31)25(35)30-27)13-22(33)37-23-17-9-15-8-16(11-17)12-18(23)10-15/h15-21,23H,3-13,27H2,1-2H3,(H,28,32)(H,29,34)(H,30,35)/t15?,16?,17?,18?,19-,20-,21-,23?/m0/s1. The molecule has 0 unspecified atom stereocenters. The lowest BCUT2D eigenvalue weighted by Gasteiger charge is -2.53. The minimum Gasteiger partial charge on any atom is -0.462 e. The van der Waals surface area contributed by atoms with Crippen molar-refractivity contribution in [2.24, 2.45) is 29.5 Å². The smallest absolute Gasteiger partial charge is 0.308 e. The molecule has 0 spiro atoms. The summed E-state index contributed by atoms with van der Waals surface area (Å²) < 4.78 is 6.00. The topological polar surface area (TPSA) is 160 Å². The first-order chi connectivity index (χ1) is 18.2. The van der Waals surface area contributed by atoms with E-state index >= 15 is 0 Å². The van der Waals surface area contributed by atoms with Gasteiger partial charge in [0.25, 0.3) is 5.91 Å². The van der Waals surface area contributed by atoms with Gasteiger partial charge in [-0.1, -0.05) is 0 Å². The van der Waals surface area contributed by atoms with Gasteiger partial charge in [-0.25, -0.2) is 5.84 Å². The molecule has 0 aromatic heterocycles. The molecule has 5 rings (SSSR count). The van der Waals surface area contributed by atoms with Crippen LogP contribution in [-0.2, 0) is 28.7 Å². The fraction of sp³-hybridized carbons (Fsp3) is 0.808. The van der Waals surface area contributed by atoms with E-state index in [4.69, 9.17) is 10.6 Å². The molecule has 212 valence electrons. The molecule has 11 nitrogen and oxygen atoms in total. The van der Waals surface area contributed by atoms with Crippen LogP contribution in [0.2, 0.25) is 0 Å². The predicted octanol–water partition coefficient (Wildman–Crippen LogP) is 0.468. The highest BCUT2D eigenvalue weighted by molar-refractivity contribution is 7.98. The molecular weight excluding hydrogens is 510 g/mol. The Kier molecular flexibility index (Phi) is 9.56. The number of rotatable bonds is 11. The molecule has 38 heavy (non-hydrogen) atoms. The van der Waals surface area contributed by atoms with Gasteiger partial charge in [-0.15, -0.1) is 0 Å². The van der Waals surface area contributed by atoms with Crippen LogP contribution in [-0.4, -0.2) is 77.3 Å². The SMILES string of the molecule is CSCC[C@H](NC(C)=O)C(=O)N[C@@H](CC(=O)OC1C2CC3CC(C2)CC1C3)C(=O)N1CCC[C@H]1C(=O)NN. The van der Waals surface area contributed by atoms with Crippen molar-refractivity contribution < 1.29 is 28.7 Å². The first kappa shape index (κ1) is 28.7. The highest BCUT2D eigenvalue weighted by Crippen LogP contribution is 2.54. The summed E-state index contributed by atoms with van der Waals surface area (Å²) in [7, 11) is 0. The van der Waals surface area contributed by atoms with Gasteiger partial charge in [-0.3, -0.25) is 29.4 Å². The molecule has 1 saturated heterocycles. The third-order valence-corrected chi connectivity index (χ3v) is 9.32. The van der Waals surface area contributed by atoms with Crippen LogP contribution in [0.1, 0.15) is 64.7 Å². The highest BCUT2D eigenvalue weighted by atomic mass is 32.2. The number of carbonyl (C=O) groups excluding carboxylic acids is 5. The largest absolute Gasteiger partial charge is 0.462 e. The lowest BCUT2D eigenvalue weighted by Crippen LogP contribution is -2.57. The van der Waals surface area contributed by atoms with E-state index in [0.29, 0.717) is 43.4 Å². The summed E-state index contributed by atoms with van der Waals surface area (Å²) in [6, 6.07) is -2.84. The van der Waals surface area contributed by atoms with E-state index in [1.807, 2.05) is 6.26 Å². The maximum atomic E-state index is 13.6. The van der Waals surface area contributed by atoms with Crippen molar-refractivity contribution in [3.63, 3.8) is 0 Å². The van der Waals surface area contributed by atoms with Gasteiger partial charge >= 0.3 is 5.97 Å². The van der Waals surface area contributed by atoms with Crippen molar-refractivity contribution in [1.29, 1.82) is 0 Å². The summed E-state index contributed by atoms with van der Waals surface area (Å²) in [5.41, 5.74) is 2.10. The third kappa shape index (κ3) is 6.62. The number of likely N-dealkylation sites (tertiary alicyclic amines) is 1. The monoisotopic (exact) mass is 551 g/mol. The molecule has 4 saturated carbocycles. The summed E-state index contributed by atoms with van der Waals surface area (Å²) in [6.45, 7) is 1.64. The molecule has 5 N–H and O–H groups in total. The van der Waals surface area contributed by atoms with E-state index in [1.165, 1.54) is 30.0 Å². The van der Waals surface area contributed by atoms with E-state index in [1.54, 1.807) is 0 Å². The minimum atomic E-state index is -1.22. The molecule has 5 aliphatic rings. The van der Waals surface area contributed by atoms with E-state index < -0.39 is 41.8 Å². The summed E-state index contributed by atoms with van der Waals surface area (Å²) in [5, 5.41) is 5.33. The Bertz CT molecular complexity index is 904. The van der Waals surface area contributed by atoms with Gasteiger partial charge < -0.3 is 20.3 Å². The van der Waals surface area contributed by atoms with Crippen molar-refractivity contribution in [3.05, 3.63) is 0 Å². The second-order valence-corrected chi connectivity index (χ2v) is 12.4. The van der Waals surface area contributed by atoms with Crippen LogP contribution in [0, 0.1) is 23.7 Å². The van der Waals surface area contributed by atoms with Crippen molar-refractivity contribution in [2.45, 2.75) is 88.9 Å². The molecule has 4 aliphatic carbocycles. The zero-order valence-corrected chi connectivity index (χ0v) is 23.1. The van der Waals surface area contributed by atoms with Crippen LogP contribution in [0.4, 0.5) is 0 Å². The van der Waals surface area contributed by atoms with Crippen molar-refractivity contribution in [2.75, 3.05) is 18.6 Å². The van der Waals surface area contributed by atoms with Gasteiger partial charge in [-0.2, -0.15) is 11.8 Å². The van der Waals surface area contributed by atoms with Gasteiger partial charge in [0.05, 0.1) is 6.42 Å². The Hall–Kier alpha value is -2.34. The molecular formula is C26H41N5O6S. The van der Waals surface area contributed by atoms with Crippen molar-refractivity contribution >= 4 is 41.4 Å². The Balaban J connectivity index is 1.47. The molecule has 0 radical (unpaired) electrons. The number of ether oxygens (including phenoxy) is 1. The number of carbonyl (C=O) groups is 5. The molecule has 5 fully saturated rings. The molecule has 3 atom stereocenters. The lowest BCUT2D eigenvalue weighted by molar-refractivity contribution is -0.172. The zero-order chi connectivity index (χ0) is 27.4. The Morgan fingerprint density at radius 1 is 1.00 bits per heavy atom. The number of thioether (sulfide) groups is 1. The number of nitrogens with two attached hydrogens (primary N) is 1. The number of hydrogen-bond acceptors (Lipinski definition) is 8. The molecule has 1 aliphatic heterocycles. The molecule has 0 aromatic carbocycles. The van der Waals surface area contributed by atoms with Crippen LogP contribution < -0.4 is 21.9 Å². The normalized spacial score (nSPS) is 30.9. The van der Waals surface area contributed by atoms with E-state index in [-0.39, 0.29) is 18.4 Å². The van der Waals surface area contributed by atoms with Crippen molar-refractivity contribution in [1.82, 2.24) is 21.0 Å². The van der Waals surface area contributed by atoms with E-state index in [0.717, 1.165) is 37.5 Å². The summed E-state index contributed by atoms with van der Waals surface area (Å²) in [6.07, 6.45) is 8.45. The molecule has 4 bridgehead atoms. The summed E-state index contributed by atoms with van der Waals surface area (Å²) in [5.74, 6) is 5.67. The fourth-order valence-electron chi connectivity index (χ4n) is 7.26. The average molecular weight is 552 g/mol. The Labute approximate surface area is 228 Å². The van der Waals surface area contributed by atoms with Gasteiger partial charge in [0.15, 0.2) is 0 Å². The Morgan fingerprint density at radius 3 is 2.24 bits per heavy atom. The van der Waals surface area contributed by atoms with Crippen molar-refractivity contribution in [3.8, 4) is 0 Å². The van der Waals surface area contributed by atoms with Crippen LogP contribution in [0.25, 0.3) is 0 Å². The number of hydrazine groups is 1. The molecule has 12 heteroatoms. The number of amides is 4. The zero-order valence-electron chi connectivity index (χ0n) is 22.3. The molecule has 4 amide bonds. The first-order valence-electron chi connectivity index (χ1n) is 13.8. The van der Waals surface area contributed by atoms with E-state index in [2.05, 4.69) is 16.1 Å². The van der Waals surface area contributed by atoms with E-state index in [9.17, 15) is 24.0 Å². The maximum absolute atomic E-state index is 13.6. The van der Waals surface area contributed by atoms with Crippen LogP contribution in [0.5, 0.6) is 0 Å². The number of nitrogens with one attached hydrogen (secondary N) is 3. The minimum absolute atomic E-state index is 0.141. The lowest BCUT2D eigenvalue weighted by atomic mass is 9.55. The van der Waals surface area contributed by atoms with Gasteiger partial charge in [0.1, 0.15) is 24.2 Å². The number of nitrogens with zero attached hydrogens (tertiary/aromatic N) is 1. The number of esters is 1. The quantitative estimate of drug-likeness (QED) is 0.125. The molecule has 0 aromatic rings. The maximum Gasteiger partial charge on any atom is 0.308 e. The van der Waals surface area contributed by atoms with Gasteiger partial charge in [0, 0.05) is 13.5 Å². The summed E-state index contributed by atoms with van der Waals surface area (Å²) in [4.78, 5) is 65.4. The van der Waals surface area contributed by atoms with Gasteiger partial charge in [0.2, 0.25) is 17.7 Å². The van der Waals surface area contributed by atoms with Gasteiger partial charge in [-0.05, 0) is 87.0 Å². The third-order valence-electron chi connectivity index (χ3n) is 8.68. The second-order valence-electron chi connectivity index (χ2n) is 11.4. The predicted molar refractivity (Wildman–Crippen MR) is 141 cm³/mol. The fourth-order valence-corrected chi connectivity index (χ4v) is 7.73. The van der Waals surface area contributed by atoms with Crippen LogP contribution >= 0.6 is 11.8 Å². The first-order valence-corrected chi connectivity index (χ1v) is 15.2. The number of hydrogen-bond donors (Lipinski definition) is 4. The highest BCUT2D eigenvalue weighted by Gasteiger charge is 2.50. The Morgan fingerprint density at radius 2 is 1.66 bits per heavy atom. The average Bonchev–Trinajstić information content (AvgIpc) is 3.36. The summed E-state index contributed by atoms with van der Waals surface area (Å²) >= 11 is 1.53. The van der Waals surface area contributed by atoms with Crippen LogP contribution in [0.3, 0.4) is 0 Å².